The quantitative estimate of drug-likeness (QED) is 0.231. The van der Waals surface area contributed by atoms with Crippen LogP contribution in [0.5, 0.6) is 5.75 Å². The zero-order chi connectivity index (χ0) is 22.7. The van der Waals surface area contributed by atoms with Gasteiger partial charge in [0.2, 0.25) is 6.79 Å². The van der Waals surface area contributed by atoms with Gasteiger partial charge in [0.05, 0.1) is 27.3 Å². The van der Waals surface area contributed by atoms with E-state index in [2.05, 4.69) is 29.0 Å². The fourth-order valence-corrected chi connectivity index (χ4v) is 3.95. The summed E-state index contributed by atoms with van der Waals surface area (Å²) in [6, 6.07) is 9.14. The van der Waals surface area contributed by atoms with Crippen LogP contribution in [0.25, 0.3) is 27.3 Å². The Morgan fingerprint density at radius 2 is 1.97 bits per heavy atom. The molecule has 1 N–H and O–H groups in total. The van der Waals surface area contributed by atoms with E-state index < -0.39 is 0 Å². The molecule has 0 unspecified atom stereocenters. The number of ether oxygens (including phenoxy) is 2. The van der Waals surface area contributed by atoms with Crippen LogP contribution in [-0.4, -0.2) is 53.2 Å². The zero-order valence-corrected chi connectivity index (χ0v) is 18.7. The first kappa shape index (κ1) is 21.8. The Bertz CT molecular complexity index is 1300. The maximum Gasteiger partial charge on any atom is 0.308 e. The third-order valence-electron chi connectivity index (χ3n) is 5.78. The largest absolute Gasteiger partial charge is 0.457 e. The van der Waals surface area contributed by atoms with E-state index >= 15 is 0 Å². The van der Waals surface area contributed by atoms with E-state index in [1.54, 1.807) is 25.4 Å². The first-order chi connectivity index (χ1) is 15.6. The van der Waals surface area contributed by atoms with Crippen molar-refractivity contribution < 1.29 is 14.3 Å². The van der Waals surface area contributed by atoms with Crippen molar-refractivity contribution in [1.82, 2.24) is 14.3 Å². The maximum atomic E-state index is 13.6. The SMILES string of the molecule is CCC(=O)OCOc1ccc2c(c1)c(=O)c1c(NCCN(CC)CC)ccc3ncn2c31. The van der Waals surface area contributed by atoms with Crippen LogP contribution in [0.4, 0.5) is 5.69 Å². The summed E-state index contributed by atoms with van der Waals surface area (Å²) in [5, 5.41) is 4.58. The Hall–Kier alpha value is -3.39. The van der Waals surface area contributed by atoms with Crippen LogP contribution < -0.4 is 15.5 Å². The van der Waals surface area contributed by atoms with Gasteiger partial charge in [-0.3, -0.25) is 14.0 Å². The summed E-state index contributed by atoms with van der Waals surface area (Å²) in [7, 11) is 0. The number of pyridine rings is 1. The van der Waals surface area contributed by atoms with Crippen molar-refractivity contribution in [3.63, 3.8) is 0 Å². The number of imidazole rings is 1. The average molecular weight is 437 g/mol. The number of rotatable bonds is 10. The van der Waals surface area contributed by atoms with E-state index in [1.165, 1.54) is 0 Å². The second-order valence-corrected chi connectivity index (χ2v) is 7.56. The number of likely N-dealkylation sites (N-methyl/N-ethyl adjacent to an activating group) is 1. The number of esters is 1. The molecule has 0 aliphatic heterocycles. The van der Waals surface area contributed by atoms with Crippen molar-refractivity contribution in [2.24, 2.45) is 0 Å². The maximum absolute atomic E-state index is 13.6. The van der Waals surface area contributed by atoms with Crippen LogP contribution >= 0.6 is 0 Å². The molecule has 0 atom stereocenters. The van der Waals surface area contributed by atoms with E-state index in [-0.39, 0.29) is 24.6 Å². The van der Waals surface area contributed by atoms with Crippen LogP contribution in [0.2, 0.25) is 0 Å². The van der Waals surface area contributed by atoms with Crippen molar-refractivity contribution in [1.29, 1.82) is 0 Å². The van der Waals surface area contributed by atoms with Crippen LogP contribution in [-0.2, 0) is 9.53 Å². The monoisotopic (exact) mass is 436 g/mol. The Balaban J connectivity index is 1.72. The number of hydrogen-bond donors (Lipinski definition) is 1. The summed E-state index contributed by atoms with van der Waals surface area (Å²) < 4.78 is 12.5. The highest BCUT2D eigenvalue weighted by Crippen LogP contribution is 2.29. The molecule has 168 valence electrons. The van der Waals surface area contributed by atoms with Gasteiger partial charge >= 0.3 is 5.97 Å². The Morgan fingerprint density at radius 1 is 1.16 bits per heavy atom. The fraction of sp³-hybridized carbons (Fsp3) is 0.375. The number of carbonyl (C=O) groups excluding carboxylic acids is 1. The summed E-state index contributed by atoms with van der Waals surface area (Å²) in [6.07, 6.45) is 2.02. The second kappa shape index (κ2) is 9.40. The molecule has 0 saturated heterocycles. The number of hydrogen-bond acceptors (Lipinski definition) is 7. The smallest absolute Gasteiger partial charge is 0.308 e. The van der Waals surface area contributed by atoms with Crippen LogP contribution in [0.1, 0.15) is 27.2 Å². The van der Waals surface area contributed by atoms with Gasteiger partial charge in [-0.2, -0.15) is 0 Å². The standard InChI is InChI=1S/C24H28N4O4/c1-4-21(29)32-15-31-16-7-10-20-17(13-16)24(30)22-18(25-11-12-27(5-2)6-3)8-9-19-23(22)28(20)14-26-19/h7-10,13-14,25H,4-6,11-12,15H2,1-3H3. The Kier molecular flexibility index (Phi) is 6.41. The minimum atomic E-state index is -0.339. The molecule has 8 nitrogen and oxygen atoms in total. The van der Waals surface area contributed by atoms with Gasteiger partial charge in [0, 0.05) is 25.2 Å². The van der Waals surface area contributed by atoms with Gasteiger partial charge in [-0.15, -0.1) is 0 Å². The highest BCUT2D eigenvalue weighted by atomic mass is 16.7. The van der Waals surface area contributed by atoms with Crippen molar-refractivity contribution in [2.75, 3.05) is 38.3 Å². The predicted octanol–water partition coefficient (Wildman–Crippen LogP) is 3.48. The van der Waals surface area contributed by atoms with Gasteiger partial charge in [0.25, 0.3) is 0 Å². The first-order valence-corrected chi connectivity index (χ1v) is 11.0. The van der Waals surface area contributed by atoms with E-state index in [1.807, 2.05) is 22.6 Å². The molecule has 0 radical (unpaired) electrons. The number of benzene rings is 2. The molecule has 32 heavy (non-hydrogen) atoms. The average Bonchev–Trinajstić information content (AvgIpc) is 3.25. The van der Waals surface area contributed by atoms with Gasteiger partial charge in [0.1, 0.15) is 12.1 Å². The molecule has 2 heterocycles. The van der Waals surface area contributed by atoms with Gasteiger partial charge in [-0.1, -0.05) is 20.8 Å². The molecule has 4 rings (SSSR count). The molecule has 4 aromatic rings. The van der Waals surface area contributed by atoms with Gasteiger partial charge in [0.15, 0.2) is 5.43 Å². The highest BCUT2D eigenvalue weighted by molar-refractivity contribution is 6.07. The fourth-order valence-electron chi connectivity index (χ4n) is 3.95. The molecular weight excluding hydrogens is 408 g/mol. The molecule has 0 aliphatic carbocycles. The molecule has 0 bridgehead atoms. The van der Waals surface area contributed by atoms with Gasteiger partial charge in [-0.05, 0) is 43.4 Å². The van der Waals surface area contributed by atoms with E-state index in [9.17, 15) is 9.59 Å². The lowest BCUT2D eigenvalue weighted by atomic mass is 10.1. The number of nitrogens with zero attached hydrogens (tertiary/aromatic N) is 3. The van der Waals surface area contributed by atoms with Gasteiger partial charge < -0.3 is 19.7 Å². The number of carbonyl (C=O) groups is 1. The number of nitrogens with one attached hydrogen (secondary N) is 1. The van der Waals surface area contributed by atoms with Crippen molar-refractivity contribution in [2.45, 2.75) is 27.2 Å². The lowest BCUT2D eigenvalue weighted by molar-refractivity contribution is -0.149. The molecule has 2 aromatic heterocycles. The van der Waals surface area contributed by atoms with Crippen LogP contribution in [0, 0.1) is 0 Å². The minimum absolute atomic E-state index is 0.0834. The van der Waals surface area contributed by atoms with Crippen molar-refractivity contribution in [3.05, 3.63) is 46.9 Å². The molecule has 8 heteroatoms. The number of aromatic nitrogens is 2. The molecule has 2 aromatic carbocycles. The third-order valence-corrected chi connectivity index (χ3v) is 5.78. The molecular formula is C24H28N4O4. The first-order valence-electron chi connectivity index (χ1n) is 11.0. The molecule has 0 amide bonds. The van der Waals surface area contributed by atoms with E-state index in [0.717, 1.165) is 48.4 Å². The molecule has 0 fully saturated rings. The van der Waals surface area contributed by atoms with Crippen molar-refractivity contribution in [3.8, 4) is 5.75 Å². The summed E-state index contributed by atoms with van der Waals surface area (Å²) in [5.41, 5.74) is 3.05. The van der Waals surface area contributed by atoms with E-state index in [0.29, 0.717) is 16.5 Å². The summed E-state index contributed by atoms with van der Waals surface area (Å²) in [5.74, 6) is 0.127. The second-order valence-electron chi connectivity index (χ2n) is 7.56. The lowest BCUT2D eigenvalue weighted by Crippen LogP contribution is -2.28. The molecule has 0 saturated carbocycles. The van der Waals surface area contributed by atoms with Crippen LogP contribution in [0.15, 0.2) is 41.5 Å². The summed E-state index contributed by atoms with van der Waals surface area (Å²) in [6.45, 7) is 9.41. The van der Waals surface area contributed by atoms with Crippen molar-refractivity contribution >= 4 is 39.0 Å². The minimum Gasteiger partial charge on any atom is -0.457 e. The molecule has 0 aliphatic rings. The van der Waals surface area contributed by atoms with Crippen LogP contribution in [0.3, 0.4) is 0 Å². The lowest BCUT2D eigenvalue weighted by Gasteiger charge is -2.19. The van der Waals surface area contributed by atoms with E-state index in [4.69, 9.17) is 9.47 Å². The van der Waals surface area contributed by atoms with Gasteiger partial charge in [-0.25, -0.2) is 4.98 Å². The molecule has 0 spiro atoms. The zero-order valence-electron chi connectivity index (χ0n) is 18.7. The third kappa shape index (κ3) is 4.05. The number of anilines is 1. The topological polar surface area (TPSA) is 85.2 Å². The highest BCUT2D eigenvalue weighted by Gasteiger charge is 2.17. The summed E-state index contributed by atoms with van der Waals surface area (Å²) in [4.78, 5) is 31.7. The summed E-state index contributed by atoms with van der Waals surface area (Å²) >= 11 is 0. The predicted molar refractivity (Wildman–Crippen MR) is 126 cm³/mol. The normalized spacial score (nSPS) is 11.6. The Labute approximate surface area is 186 Å². The Morgan fingerprint density at radius 3 is 2.72 bits per heavy atom. The number of fused-ring (bicyclic) bond motifs is 2.